The molecule has 0 aromatic heterocycles. The fraction of sp³-hybridized carbons (Fsp3) is 0.241. The predicted octanol–water partition coefficient (Wildman–Crippen LogP) is 5.58. The van der Waals surface area contributed by atoms with Crippen LogP contribution in [0.2, 0.25) is 0 Å². The van der Waals surface area contributed by atoms with E-state index in [-0.39, 0.29) is 17.7 Å². The van der Waals surface area contributed by atoms with Crippen molar-refractivity contribution in [3.05, 3.63) is 78.1 Å². The van der Waals surface area contributed by atoms with E-state index in [0.29, 0.717) is 66.2 Å². The third-order valence-corrected chi connectivity index (χ3v) is 6.14. The first-order chi connectivity index (χ1) is 18.6. The van der Waals surface area contributed by atoms with Crippen LogP contribution in [0.4, 0.5) is 10.1 Å². The molecule has 2 aliphatic heterocycles. The predicted molar refractivity (Wildman–Crippen MR) is 140 cm³/mol. The maximum Gasteiger partial charge on any atom is 0.257 e. The number of methoxy groups -OCH3 is 2. The average molecular weight is 519 g/mol. The molecule has 196 valence electrons. The molecule has 0 unspecified atom stereocenters. The van der Waals surface area contributed by atoms with E-state index < -0.39 is 5.82 Å². The topological polar surface area (TPSA) is 78.8 Å². The van der Waals surface area contributed by atoms with E-state index in [2.05, 4.69) is 4.99 Å². The number of aliphatic imine (C=N–C) groups is 1. The van der Waals surface area contributed by atoms with E-state index in [1.165, 1.54) is 19.2 Å². The molecule has 1 amide bonds. The highest BCUT2D eigenvalue weighted by Crippen LogP contribution is 2.37. The number of hydrogen-bond donors (Lipinski definition) is 0. The first-order valence-corrected chi connectivity index (χ1v) is 12.2. The number of carbonyl (C=O) groups excluding carboxylic acids is 1. The molecule has 5 rings (SSSR count). The van der Waals surface area contributed by atoms with Crippen molar-refractivity contribution in [2.24, 2.45) is 4.99 Å². The van der Waals surface area contributed by atoms with Crippen LogP contribution in [0.25, 0.3) is 0 Å². The lowest BCUT2D eigenvalue weighted by molar-refractivity contribution is 0.0783. The maximum atomic E-state index is 14.5. The highest BCUT2D eigenvalue weighted by Gasteiger charge is 2.30. The molecular weight excluding hydrogens is 491 g/mol. The van der Waals surface area contributed by atoms with Gasteiger partial charge in [-0.2, -0.15) is 0 Å². The van der Waals surface area contributed by atoms with Gasteiger partial charge in [-0.05, 0) is 42.5 Å². The van der Waals surface area contributed by atoms with Crippen LogP contribution in [0.5, 0.6) is 34.5 Å². The number of nitrogens with zero attached hydrogens (tertiary/aromatic N) is 2. The minimum Gasteiger partial charge on any atom is -0.497 e. The maximum absolute atomic E-state index is 14.5. The van der Waals surface area contributed by atoms with Crippen LogP contribution in [-0.4, -0.2) is 57.0 Å². The third-order valence-electron chi connectivity index (χ3n) is 6.14. The summed E-state index contributed by atoms with van der Waals surface area (Å²) in [5.74, 6) is 1.97. The minimum atomic E-state index is -0.532. The Bertz CT molecular complexity index is 1370. The number of hydrogen-bond acceptors (Lipinski definition) is 7. The molecule has 9 heteroatoms. The lowest BCUT2D eigenvalue weighted by atomic mass is 10.1. The molecule has 0 fully saturated rings. The van der Waals surface area contributed by atoms with Crippen molar-refractivity contribution in [1.82, 2.24) is 4.90 Å². The van der Waals surface area contributed by atoms with Gasteiger partial charge in [-0.25, -0.2) is 4.39 Å². The monoisotopic (exact) mass is 518 g/mol. The SMILES string of the molecule is COc1ccc(Oc2ccc(OCCCOc3cc4c(cc3OC)C(=O)N3CC=C[C@H]3C=N4)cc2F)cc1. The Morgan fingerprint density at radius 2 is 1.66 bits per heavy atom. The second kappa shape index (κ2) is 11.2. The Kier molecular flexibility index (Phi) is 7.44. The lowest BCUT2D eigenvalue weighted by Crippen LogP contribution is -2.35. The van der Waals surface area contributed by atoms with Gasteiger partial charge in [0.05, 0.1) is 44.7 Å². The van der Waals surface area contributed by atoms with Crippen LogP contribution in [-0.2, 0) is 0 Å². The molecular formula is C29H27FN2O6. The summed E-state index contributed by atoms with van der Waals surface area (Å²) in [6, 6.07) is 14.6. The molecule has 0 radical (unpaired) electrons. The summed E-state index contributed by atoms with van der Waals surface area (Å²) in [7, 11) is 3.10. The van der Waals surface area contributed by atoms with Crippen molar-refractivity contribution in [1.29, 1.82) is 0 Å². The number of fused-ring (bicyclic) bond motifs is 2. The van der Waals surface area contributed by atoms with Crippen molar-refractivity contribution < 1.29 is 32.9 Å². The van der Waals surface area contributed by atoms with E-state index in [4.69, 9.17) is 23.7 Å². The summed E-state index contributed by atoms with van der Waals surface area (Å²) in [4.78, 5) is 19.2. The minimum absolute atomic E-state index is 0.0961. The lowest BCUT2D eigenvalue weighted by Gasteiger charge is -2.20. The zero-order valence-electron chi connectivity index (χ0n) is 21.1. The van der Waals surface area contributed by atoms with Crippen LogP contribution in [0, 0.1) is 5.82 Å². The van der Waals surface area contributed by atoms with Gasteiger partial charge in [0, 0.05) is 31.3 Å². The van der Waals surface area contributed by atoms with Crippen LogP contribution in [0.3, 0.4) is 0 Å². The fourth-order valence-corrected chi connectivity index (χ4v) is 4.15. The van der Waals surface area contributed by atoms with Crippen molar-refractivity contribution in [2.75, 3.05) is 34.0 Å². The molecule has 38 heavy (non-hydrogen) atoms. The van der Waals surface area contributed by atoms with E-state index in [9.17, 15) is 9.18 Å². The molecule has 3 aromatic rings. The summed E-state index contributed by atoms with van der Waals surface area (Å²) in [6.07, 6.45) is 6.20. The first kappa shape index (κ1) is 25.1. The molecule has 0 spiro atoms. The van der Waals surface area contributed by atoms with Gasteiger partial charge < -0.3 is 28.6 Å². The number of amides is 1. The Balaban J connectivity index is 1.14. The number of ether oxygens (including phenoxy) is 5. The van der Waals surface area contributed by atoms with Gasteiger partial charge in [-0.1, -0.05) is 12.2 Å². The number of benzene rings is 3. The van der Waals surface area contributed by atoms with Crippen LogP contribution >= 0.6 is 0 Å². The van der Waals surface area contributed by atoms with Gasteiger partial charge in [0.1, 0.15) is 17.2 Å². The van der Waals surface area contributed by atoms with Gasteiger partial charge in [-0.3, -0.25) is 9.79 Å². The summed E-state index contributed by atoms with van der Waals surface area (Å²) in [5, 5.41) is 0. The molecule has 0 N–H and O–H groups in total. The van der Waals surface area contributed by atoms with E-state index in [1.807, 2.05) is 12.2 Å². The summed E-state index contributed by atoms with van der Waals surface area (Å²) < 4.78 is 42.3. The highest BCUT2D eigenvalue weighted by atomic mass is 19.1. The Hall–Kier alpha value is -4.53. The normalized spacial score (nSPS) is 15.5. The molecule has 8 nitrogen and oxygen atoms in total. The van der Waals surface area contributed by atoms with Gasteiger partial charge >= 0.3 is 0 Å². The molecule has 1 atom stereocenters. The first-order valence-electron chi connectivity index (χ1n) is 12.2. The zero-order chi connectivity index (χ0) is 26.5. The second-order valence-electron chi connectivity index (χ2n) is 8.59. The standard InChI is InChI=1S/C29H27FN2O6/c1-34-20-6-8-21(9-7-20)38-26-11-10-22(15-24(26)30)36-13-4-14-37-28-17-25-23(16-27(28)35-2)29(33)32-12-3-5-19(32)18-31-25/h3,5-11,15-19H,4,12-14H2,1-2H3/t19-/m0/s1. The molecule has 0 aliphatic carbocycles. The van der Waals surface area contributed by atoms with Crippen molar-refractivity contribution >= 4 is 17.8 Å². The largest absolute Gasteiger partial charge is 0.497 e. The van der Waals surface area contributed by atoms with Crippen LogP contribution in [0.1, 0.15) is 16.8 Å². The Morgan fingerprint density at radius 1 is 0.895 bits per heavy atom. The zero-order valence-corrected chi connectivity index (χ0v) is 21.1. The second-order valence-corrected chi connectivity index (χ2v) is 8.59. The number of halogens is 1. The van der Waals surface area contributed by atoms with Crippen LogP contribution < -0.4 is 23.7 Å². The van der Waals surface area contributed by atoms with Crippen LogP contribution in [0.15, 0.2) is 71.7 Å². The quantitative estimate of drug-likeness (QED) is 0.258. The molecule has 2 heterocycles. The average Bonchev–Trinajstić information content (AvgIpc) is 3.37. The van der Waals surface area contributed by atoms with E-state index >= 15 is 0 Å². The van der Waals surface area contributed by atoms with E-state index in [1.54, 1.807) is 60.7 Å². The summed E-state index contributed by atoms with van der Waals surface area (Å²) in [5.41, 5.74) is 1.01. The third kappa shape index (κ3) is 5.41. The van der Waals surface area contributed by atoms with Gasteiger partial charge in [0.15, 0.2) is 23.1 Å². The van der Waals surface area contributed by atoms with Gasteiger partial charge in [0.2, 0.25) is 0 Å². The molecule has 0 bridgehead atoms. The summed E-state index contributed by atoms with van der Waals surface area (Å²) in [6.45, 7) is 1.19. The highest BCUT2D eigenvalue weighted by molar-refractivity contribution is 6.04. The van der Waals surface area contributed by atoms with Crippen molar-refractivity contribution in [3.8, 4) is 34.5 Å². The van der Waals surface area contributed by atoms with Crippen molar-refractivity contribution in [2.45, 2.75) is 12.5 Å². The van der Waals surface area contributed by atoms with E-state index in [0.717, 1.165) is 0 Å². The molecule has 3 aromatic carbocycles. The molecule has 2 aliphatic rings. The Labute approximate surface area is 219 Å². The molecule has 0 saturated carbocycles. The fourth-order valence-electron chi connectivity index (χ4n) is 4.15. The van der Waals surface area contributed by atoms with Gasteiger partial charge in [-0.15, -0.1) is 0 Å². The smallest absolute Gasteiger partial charge is 0.257 e. The molecule has 0 saturated heterocycles. The van der Waals surface area contributed by atoms with Crippen molar-refractivity contribution in [3.63, 3.8) is 0 Å². The number of carbonyl (C=O) groups is 1. The van der Waals surface area contributed by atoms with Gasteiger partial charge in [0.25, 0.3) is 5.91 Å². The Morgan fingerprint density at radius 3 is 2.42 bits per heavy atom. The summed E-state index contributed by atoms with van der Waals surface area (Å²) >= 11 is 0. The number of rotatable bonds is 10.